The summed E-state index contributed by atoms with van der Waals surface area (Å²) in [4.78, 5) is 37.2. The predicted octanol–water partition coefficient (Wildman–Crippen LogP) is 3.91. The first-order chi connectivity index (χ1) is 16.7. The fourth-order valence-corrected chi connectivity index (χ4v) is 4.05. The van der Waals surface area contributed by atoms with Crippen LogP contribution in [0.3, 0.4) is 0 Å². The number of carbonyl (C=O) groups is 3. The van der Waals surface area contributed by atoms with Crippen LogP contribution in [0.1, 0.15) is 58.9 Å². The van der Waals surface area contributed by atoms with Crippen LogP contribution < -0.4 is 10.6 Å². The van der Waals surface area contributed by atoms with E-state index in [2.05, 4.69) is 20.8 Å². The molecule has 0 aliphatic rings. The molecule has 1 aromatic heterocycles. The molecule has 10 heteroatoms. The van der Waals surface area contributed by atoms with E-state index in [0.29, 0.717) is 27.8 Å². The summed E-state index contributed by atoms with van der Waals surface area (Å²) >= 11 is 1.22. The first-order valence-electron chi connectivity index (χ1n) is 11.1. The Morgan fingerprint density at radius 2 is 1.80 bits per heavy atom. The Morgan fingerprint density at radius 3 is 2.51 bits per heavy atom. The largest absolute Gasteiger partial charge is 0.459 e. The van der Waals surface area contributed by atoms with Gasteiger partial charge in [0.2, 0.25) is 5.91 Å². The van der Waals surface area contributed by atoms with E-state index >= 15 is 0 Å². The van der Waals surface area contributed by atoms with E-state index in [0.717, 1.165) is 5.56 Å². The number of nitrogens with zero attached hydrogens (tertiary/aromatic N) is 3. The zero-order chi connectivity index (χ0) is 25.5. The van der Waals surface area contributed by atoms with Crippen LogP contribution in [0.2, 0.25) is 0 Å². The highest BCUT2D eigenvalue weighted by Gasteiger charge is 2.20. The first kappa shape index (κ1) is 26.0. The average molecular weight is 496 g/mol. The Balaban J connectivity index is 1.57. The zero-order valence-electron chi connectivity index (χ0n) is 20.4. The van der Waals surface area contributed by atoms with E-state index in [1.807, 2.05) is 32.0 Å². The second-order valence-corrected chi connectivity index (χ2v) is 9.22. The summed E-state index contributed by atoms with van der Waals surface area (Å²) < 4.78 is 6.94. The van der Waals surface area contributed by atoms with Gasteiger partial charge in [-0.2, -0.15) is 0 Å². The van der Waals surface area contributed by atoms with Gasteiger partial charge in [0.1, 0.15) is 0 Å². The van der Waals surface area contributed by atoms with Crippen molar-refractivity contribution < 1.29 is 19.1 Å². The number of anilines is 1. The smallest absolute Gasteiger partial charge is 0.338 e. The van der Waals surface area contributed by atoms with Gasteiger partial charge in [-0.15, -0.1) is 10.2 Å². The Bertz CT molecular complexity index is 1220. The predicted molar refractivity (Wildman–Crippen MR) is 134 cm³/mol. The maximum absolute atomic E-state index is 12.6. The molecular formula is C25H29N5O4S. The van der Waals surface area contributed by atoms with Gasteiger partial charge in [-0.05, 0) is 57.5 Å². The van der Waals surface area contributed by atoms with E-state index in [1.165, 1.54) is 11.8 Å². The molecule has 2 N–H and O–H groups in total. The quantitative estimate of drug-likeness (QED) is 0.342. The summed E-state index contributed by atoms with van der Waals surface area (Å²) in [5.41, 5.74) is 2.36. The number of rotatable bonds is 9. The van der Waals surface area contributed by atoms with Crippen molar-refractivity contribution in [1.29, 1.82) is 0 Å². The Kier molecular flexibility index (Phi) is 8.64. The van der Waals surface area contributed by atoms with Crippen LogP contribution in [0, 0.1) is 6.92 Å². The summed E-state index contributed by atoms with van der Waals surface area (Å²) in [6, 6.07) is 13.6. The van der Waals surface area contributed by atoms with Gasteiger partial charge in [-0.1, -0.05) is 36.0 Å². The second kappa shape index (κ2) is 11.7. The minimum atomic E-state index is -0.444. The molecule has 0 bridgehead atoms. The van der Waals surface area contributed by atoms with Gasteiger partial charge in [0.25, 0.3) is 5.91 Å². The fourth-order valence-electron chi connectivity index (χ4n) is 3.33. The monoisotopic (exact) mass is 495 g/mol. The van der Waals surface area contributed by atoms with Crippen molar-refractivity contribution in [3.63, 3.8) is 0 Å². The van der Waals surface area contributed by atoms with Crippen LogP contribution in [0.15, 0.2) is 53.7 Å². The van der Waals surface area contributed by atoms with Crippen LogP contribution >= 0.6 is 11.8 Å². The Labute approximate surface area is 208 Å². The summed E-state index contributed by atoms with van der Waals surface area (Å²) in [5, 5.41) is 14.6. The lowest BCUT2D eigenvalue weighted by molar-refractivity contribution is -0.113. The minimum Gasteiger partial charge on any atom is -0.459 e. The van der Waals surface area contributed by atoms with Gasteiger partial charge in [0.15, 0.2) is 11.0 Å². The molecule has 184 valence electrons. The number of esters is 1. The molecule has 35 heavy (non-hydrogen) atoms. The molecule has 2 amide bonds. The molecule has 0 spiro atoms. The summed E-state index contributed by atoms with van der Waals surface area (Å²) in [6.07, 6.45) is -0.230. The maximum Gasteiger partial charge on any atom is 0.338 e. The molecule has 0 radical (unpaired) electrons. The van der Waals surface area contributed by atoms with Crippen LogP contribution in [0.25, 0.3) is 0 Å². The molecule has 1 atom stereocenters. The first-order valence-corrected chi connectivity index (χ1v) is 12.1. The summed E-state index contributed by atoms with van der Waals surface area (Å²) in [5.74, 6) is -0.218. The van der Waals surface area contributed by atoms with Crippen molar-refractivity contribution in [1.82, 2.24) is 20.1 Å². The highest BCUT2D eigenvalue weighted by atomic mass is 32.2. The maximum atomic E-state index is 12.6. The van der Waals surface area contributed by atoms with E-state index in [4.69, 9.17) is 4.74 Å². The topological polar surface area (TPSA) is 115 Å². The number of amides is 2. The van der Waals surface area contributed by atoms with E-state index in [9.17, 15) is 14.4 Å². The summed E-state index contributed by atoms with van der Waals surface area (Å²) in [6.45, 7) is 7.27. The number of aromatic nitrogens is 3. The van der Waals surface area contributed by atoms with Crippen molar-refractivity contribution >= 4 is 35.2 Å². The van der Waals surface area contributed by atoms with Gasteiger partial charge in [-0.3, -0.25) is 9.59 Å². The highest BCUT2D eigenvalue weighted by molar-refractivity contribution is 7.99. The molecule has 2 aromatic carbocycles. The van der Waals surface area contributed by atoms with Gasteiger partial charge < -0.3 is 19.9 Å². The van der Waals surface area contributed by atoms with Crippen molar-refractivity contribution in [3.8, 4) is 0 Å². The molecule has 0 aliphatic carbocycles. The van der Waals surface area contributed by atoms with Crippen molar-refractivity contribution in [2.75, 3.05) is 11.1 Å². The molecule has 9 nitrogen and oxygen atoms in total. The second-order valence-electron chi connectivity index (χ2n) is 8.28. The molecule has 0 aliphatic heterocycles. The standard InChI is InChI=1S/C25H29N5O4S/c1-15(2)34-24(33)18-10-8-11-19(13-18)27-21(31)14-35-25-29-28-22(30(25)5)17(4)26-23(32)20-12-7-6-9-16(20)3/h6-13,15,17H,14H2,1-5H3,(H,26,32)(H,27,31)/t17-/m1/s1. The third-order valence-electron chi connectivity index (χ3n) is 5.05. The molecule has 0 saturated carbocycles. The van der Waals surface area contributed by atoms with E-state index in [-0.39, 0.29) is 29.7 Å². The lowest BCUT2D eigenvalue weighted by Gasteiger charge is -2.14. The number of nitrogens with one attached hydrogen (secondary N) is 2. The molecule has 3 aromatic rings. The fraction of sp³-hybridized carbons (Fsp3) is 0.320. The zero-order valence-corrected chi connectivity index (χ0v) is 21.2. The Hall–Kier alpha value is -3.66. The van der Waals surface area contributed by atoms with Crippen LogP contribution in [-0.4, -0.2) is 44.4 Å². The normalized spacial score (nSPS) is 11.7. The molecule has 0 unspecified atom stereocenters. The molecule has 3 rings (SSSR count). The lowest BCUT2D eigenvalue weighted by Crippen LogP contribution is -2.29. The molecule has 0 fully saturated rings. The van der Waals surface area contributed by atoms with Gasteiger partial charge in [0, 0.05) is 18.3 Å². The number of thioether (sulfide) groups is 1. The molecule has 1 heterocycles. The van der Waals surface area contributed by atoms with Gasteiger partial charge in [0.05, 0.1) is 23.5 Å². The molecule has 0 saturated heterocycles. The number of hydrogen-bond acceptors (Lipinski definition) is 7. The Morgan fingerprint density at radius 1 is 1.06 bits per heavy atom. The number of aryl methyl sites for hydroxylation is 1. The van der Waals surface area contributed by atoms with E-state index in [1.54, 1.807) is 55.8 Å². The van der Waals surface area contributed by atoms with Crippen molar-refractivity contribution in [2.24, 2.45) is 7.05 Å². The SMILES string of the molecule is Cc1ccccc1C(=O)N[C@H](C)c1nnc(SCC(=O)Nc2cccc(C(=O)OC(C)C)c2)n1C. The molecular weight excluding hydrogens is 466 g/mol. The average Bonchev–Trinajstić information content (AvgIpc) is 3.18. The minimum absolute atomic E-state index is 0.0938. The van der Waals surface area contributed by atoms with Crippen LogP contribution in [0.5, 0.6) is 0 Å². The van der Waals surface area contributed by atoms with Crippen LogP contribution in [-0.2, 0) is 16.6 Å². The van der Waals surface area contributed by atoms with Crippen molar-refractivity contribution in [3.05, 3.63) is 71.0 Å². The summed E-state index contributed by atoms with van der Waals surface area (Å²) in [7, 11) is 1.79. The number of carbonyl (C=O) groups excluding carboxylic acids is 3. The lowest BCUT2D eigenvalue weighted by atomic mass is 10.1. The van der Waals surface area contributed by atoms with Gasteiger partial charge in [-0.25, -0.2) is 4.79 Å². The highest BCUT2D eigenvalue weighted by Crippen LogP contribution is 2.20. The van der Waals surface area contributed by atoms with Gasteiger partial charge >= 0.3 is 5.97 Å². The number of ether oxygens (including phenoxy) is 1. The van der Waals surface area contributed by atoms with Crippen molar-refractivity contribution in [2.45, 2.75) is 45.0 Å². The van der Waals surface area contributed by atoms with E-state index < -0.39 is 5.97 Å². The third kappa shape index (κ3) is 6.92. The third-order valence-corrected chi connectivity index (χ3v) is 6.07. The van der Waals surface area contributed by atoms with Crippen LogP contribution in [0.4, 0.5) is 5.69 Å². The number of benzene rings is 2. The number of hydrogen-bond donors (Lipinski definition) is 2.